The summed E-state index contributed by atoms with van der Waals surface area (Å²) in [5.41, 5.74) is 1.01. The standard InChI is InChI=1S/C10H11FN4S/c1-6-9(16-7(2)15-6)5-14-10-12-3-8(11)4-13-10/h3-4H,5H2,1-2H3,(H,12,13,14). The number of aryl methyl sites for hydroxylation is 2. The number of thiazole rings is 1. The van der Waals surface area contributed by atoms with Gasteiger partial charge in [-0.15, -0.1) is 11.3 Å². The Morgan fingerprint density at radius 1 is 1.31 bits per heavy atom. The molecule has 2 aromatic heterocycles. The molecule has 4 nitrogen and oxygen atoms in total. The summed E-state index contributed by atoms with van der Waals surface area (Å²) in [5, 5.41) is 4.06. The van der Waals surface area contributed by atoms with E-state index in [1.165, 1.54) is 0 Å². The lowest BCUT2D eigenvalue weighted by molar-refractivity contribution is 0.614. The Balaban J connectivity index is 2.02. The summed E-state index contributed by atoms with van der Waals surface area (Å²) in [5.74, 6) is -0.0118. The Bertz CT molecular complexity index is 480. The Hall–Kier alpha value is -1.56. The minimum Gasteiger partial charge on any atom is -0.349 e. The molecule has 0 aliphatic carbocycles. The van der Waals surface area contributed by atoms with Crippen LogP contribution in [0.2, 0.25) is 0 Å². The van der Waals surface area contributed by atoms with Gasteiger partial charge in [-0.3, -0.25) is 0 Å². The molecule has 0 aromatic carbocycles. The van der Waals surface area contributed by atoms with Crippen LogP contribution in [0.1, 0.15) is 15.6 Å². The summed E-state index contributed by atoms with van der Waals surface area (Å²) in [6.45, 7) is 4.55. The predicted molar refractivity (Wildman–Crippen MR) is 60.9 cm³/mol. The van der Waals surface area contributed by atoms with Crippen molar-refractivity contribution in [2.45, 2.75) is 20.4 Å². The van der Waals surface area contributed by atoms with Gasteiger partial charge in [0.05, 0.1) is 29.6 Å². The molecule has 0 unspecified atom stereocenters. The fraction of sp³-hybridized carbons (Fsp3) is 0.300. The van der Waals surface area contributed by atoms with Gasteiger partial charge in [0.25, 0.3) is 0 Å². The van der Waals surface area contributed by atoms with Crippen LogP contribution in [0.4, 0.5) is 10.3 Å². The molecule has 0 saturated carbocycles. The number of rotatable bonds is 3. The lowest BCUT2D eigenvalue weighted by atomic mass is 10.4. The Morgan fingerprint density at radius 2 is 2.00 bits per heavy atom. The van der Waals surface area contributed by atoms with E-state index in [1.807, 2.05) is 13.8 Å². The van der Waals surface area contributed by atoms with Crippen molar-refractivity contribution >= 4 is 17.3 Å². The highest BCUT2D eigenvalue weighted by atomic mass is 32.1. The van der Waals surface area contributed by atoms with Gasteiger partial charge in [-0.2, -0.15) is 0 Å². The minimum absolute atomic E-state index is 0.423. The van der Waals surface area contributed by atoms with Crippen molar-refractivity contribution in [1.29, 1.82) is 0 Å². The van der Waals surface area contributed by atoms with Crippen molar-refractivity contribution in [2.24, 2.45) is 0 Å². The highest BCUT2D eigenvalue weighted by Gasteiger charge is 2.05. The van der Waals surface area contributed by atoms with Gasteiger partial charge in [-0.1, -0.05) is 0 Å². The zero-order valence-electron chi connectivity index (χ0n) is 8.99. The summed E-state index contributed by atoms with van der Waals surface area (Å²) < 4.78 is 12.6. The van der Waals surface area contributed by atoms with Crippen LogP contribution in [0, 0.1) is 19.7 Å². The minimum atomic E-state index is -0.435. The second kappa shape index (κ2) is 4.52. The molecule has 0 spiro atoms. The number of anilines is 1. The lowest BCUT2D eigenvalue weighted by Crippen LogP contribution is -2.03. The van der Waals surface area contributed by atoms with E-state index < -0.39 is 5.82 Å². The Kier molecular flexibility index (Phi) is 3.09. The first-order valence-electron chi connectivity index (χ1n) is 4.79. The molecule has 6 heteroatoms. The average molecular weight is 238 g/mol. The molecule has 0 amide bonds. The van der Waals surface area contributed by atoms with Crippen LogP contribution in [0.15, 0.2) is 12.4 Å². The second-order valence-electron chi connectivity index (χ2n) is 3.32. The number of nitrogens with zero attached hydrogens (tertiary/aromatic N) is 3. The fourth-order valence-electron chi connectivity index (χ4n) is 1.30. The van der Waals surface area contributed by atoms with Crippen LogP contribution in [0.25, 0.3) is 0 Å². The fourth-order valence-corrected chi connectivity index (χ4v) is 2.18. The van der Waals surface area contributed by atoms with Gasteiger partial charge in [0.15, 0.2) is 5.82 Å². The van der Waals surface area contributed by atoms with Gasteiger partial charge in [-0.25, -0.2) is 19.3 Å². The number of halogens is 1. The van der Waals surface area contributed by atoms with Gasteiger partial charge >= 0.3 is 0 Å². The van der Waals surface area contributed by atoms with E-state index in [9.17, 15) is 4.39 Å². The Morgan fingerprint density at radius 3 is 2.56 bits per heavy atom. The third kappa shape index (κ3) is 2.52. The largest absolute Gasteiger partial charge is 0.349 e. The second-order valence-corrected chi connectivity index (χ2v) is 4.61. The number of hydrogen-bond acceptors (Lipinski definition) is 5. The molecule has 0 radical (unpaired) electrons. The van der Waals surface area contributed by atoms with Gasteiger partial charge < -0.3 is 5.32 Å². The zero-order chi connectivity index (χ0) is 11.5. The maximum atomic E-state index is 12.6. The summed E-state index contributed by atoms with van der Waals surface area (Å²) in [7, 11) is 0. The zero-order valence-corrected chi connectivity index (χ0v) is 9.81. The van der Waals surface area contributed by atoms with Gasteiger partial charge in [0.1, 0.15) is 0 Å². The first-order valence-corrected chi connectivity index (χ1v) is 5.61. The lowest BCUT2D eigenvalue weighted by Gasteiger charge is -2.02. The number of nitrogens with one attached hydrogen (secondary N) is 1. The molecule has 0 bridgehead atoms. The smallest absolute Gasteiger partial charge is 0.223 e. The summed E-state index contributed by atoms with van der Waals surface area (Å²) >= 11 is 1.63. The van der Waals surface area contributed by atoms with Crippen LogP contribution in [0.3, 0.4) is 0 Å². The van der Waals surface area contributed by atoms with Crippen molar-refractivity contribution in [3.63, 3.8) is 0 Å². The first-order chi connectivity index (χ1) is 7.65. The molecule has 84 valence electrons. The monoisotopic (exact) mass is 238 g/mol. The van der Waals surface area contributed by atoms with E-state index in [0.29, 0.717) is 12.5 Å². The molecular weight excluding hydrogens is 227 g/mol. The van der Waals surface area contributed by atoms with Gasteiger partial charge in [0, 0.05) is 4.88 Å². The van der Waals surface area contributed by atoms with E-state index in [2.05, 4.69) is 20.3 Å². The first kappa shape index (κ1) is 10.9. The molecule has 1 N–H and O–H groups in total. The summed E-state index contributed by atoms with van der Waals surface area (Å²) in [6, 6.07) is 0. The van der Waals surface area contributed by atoms with E-state index in [-0.39, 0.29) is 0 Å². The molecule has 2 rings (SSSR count). The molecule has 16 heavy (non-hydrogen) atoms. The molecule has 0 atom stereocenters. The summed E-state index contributed by atoms with van der Waals surface area (Å²) in [6.07, 6.45) is 2.28. The highest BCUT2D eigenvalue weighted by molar-refractivity contribution is 7.11. The van der Waals surface area contributed by atoms with Gasteiger partial charge in [-0.05, 0) is 13.8 Å². The van der Waals surface area contributed by atoms with Crippen molar-refractivity contribution in [1.82, 2.24) is 15.0 Å². The van der Waals surface area contributed by atoms with Gasteiger partial charge in [0.2, 0.25) is 5.95 Å². The molecule has 0 aliphatic heterocycles. The van der Waals surface area contributed by atoms with Crippen LogP contribution in [0.5, 0.6) is 0 Å². The SMILES string of the molecule is Cc1nc(C)c(CNc2ncc(F)cn2)s1. The molecule has 2 heterocycles. The summed E-state index contributed by atoms with van der Waals surface area (Å²) in [4.78, 5) is 13.1. The van der Waals surface area contributed by atoms with E-state index in [4.69, 9.17) is 0 Å². The molecule has 0 fully saturated rings. The quantitative estimate of drug-likeness (QED) is 0.891. The van der Waals surface area contributed by atoms with Crippen molar-refractivity contribution in [3.05, 3.63) is 33.8 Å². The number of hydrogen-bond donors (Lipinski definition) is 1. The van der Waals surface area contributed by atoms with Crippen molar-refractivity contribution < 1.29 is 4.39 Å². The maximum absolute atomic E-state index is 12.6. The van der Waals surface area contributed by atoms with E-state index in [1.54, 1.807) is 11.3 Å². The van der Waals surface area contributed by atoms with Crippen LogP contribution < -0.4 is 5.32 Å². The molecular formula is C10H11FN4S. The van der Waals surface area contributed by atoms with Crippen molar-refractivity contribution in [2.75, 3.05) is 5.32 Å². The normalized spacial score (nSPS) is 10.4. The third-order valence-electron chi connectivity index (χ3n) is 2.03. The average Bonchev–Trinajstić information content (AvgIpc) is 2.57. The topological polar surface area (TPSA) is 50.7 Å². The van der Waals surface area contributed by atoms with Crippen LogP contribution in [-0.4, -0.2) is 15.0 Å². The maximum Gasteiger partial charge on any atom is 0.223 e. The van der Waals surface area contributed by atoms with E-state index >= 15 is 0 Å². The van der Waals surface area contributed by atoms with Crippen LogP contribution in [-0.2, 0) is 6.54 Å². The highest BCUT2D eigenvalue weighted by Crippen LogP contribution is 2.17. The molecule has 2 aromatic rings. The number of aromatic nitrogens is 3. The molecule has 0 aliphatic rings. The third-order valence-corrected chi connectivity index (χ3v) is 3.10. The Labute approximate surface area is 96.6 Å². The van der Waals surface area contributed by atoms with Crippen LogP contribution >= 0.6 is 11.3 Å². The van der Waals surface area contributed by atoms with E-state index in [0.717, 1.165) is 28.0 Å². The molecule has 0 saturated heterocycles. The predicted octanol–water partition coefficient (Wildman–Crippen LogP) is 2.30. The van der Waals surface area contributed by atoms with Crippen molar-refractivity contribution in [3.8, 4) is 0 Å².